The summed E-state index contributed by atoms with van der Waals surface area (Å²) in [6.45, 7) is 3.99. The average molecular weight is 672 g/mol. The van der Waals surface area contributed by atoms with Gasteiger partial charge in [0.1, 0.15) is 10.9 Å². The van der Waals surface area contributed by atoms with E-state index in [1.165, 1.54) is 26.0 Å². The molecule has 0 radical (unpaired) electrons. The number of thioether (sulfide) groups is 1. The first-order chi connectivity index (χ1) is 23.7. The van der Waals surface area contributed by atoms with Crippen LogP contribution < -0.4 is 25.4 Å². The summed E-state index contributed by atoms with van der Waals surface area (Å²) in [4.78, 5) is 41.2. The van der Waals surface area contributed by atoms with E-state index < -0.39 is 17.1 Å². The Balaban J connectivity index is 1.37. The predicted molar refractivity (Wildman–Crippen MR) is 196 cm³/mol. The number of aryl methyl sites for hydroxylation is 2. The number of ether oxygens (including phenoxy) is 2. The van der Waals surface area contributed by atoms with Gasteiger partial charge in [-0.3, -0.25) is 14.4 Å². The van der Waals surface area contributed by atoms with Crippen LogP contribution in [0.2, 0.25) is 0 Å². The van der Waals surface area contributed by atoms with Gasteiger partial charge in [-0.05, 0) is 79.6 Å². The van der Waals surface area contributed by atoms with Crippen LogP contribution in [0, 0.1) is 13.8 Å². The number of carbonyl (C=O) groups is 3. The van der Waals surface area contributed by atoms with Gasteiger partial charge in [0.05, 0.1) is 14.2 Å². The second-order valence-corrected chi connectivity index (χ2v) is 12.3. The highest BCUT2D eigenvalue weighted by Crippen LogP contribution is 2.37. The second kappa shape index (κ2) is 16.3. The normalized spacial score (nSPS) is 11.6. The molecule has 0 bridgehead atoms. The van der Waals surface area contributed by atoms with Crippen molar-refractivity contribution in [1.29, 1.82) is 0 Å². The number of anilines is 2. The number of carbonyl (C=O) groups excluding carboxylic acids is 3. The molecule has 0 aliphatic rings. The topological polar surface area (TPSA) is 106 Å². The minimum atomic E-state index is -0.537. The highest BCUT2D eigenvalue weighted by Gasteiger charge is 2.23. The molecular formula is C40H37N3O5S. The van der Waals surface area contributed by atoms with Gasteiger partial charge in [0.15, 0.2) is 11.5 Å². The molecule has 0 saturated carbocycles. The molecule has 0 aliphatic carbocycles. The number of methoxy groups -OCH3 is 2. The molecule has 8 nitrogen and oxygen atoms in total. The van der Waals surface area contributed by atoms with Gasteiger partial charge in [-0.1, -0.05) is 78.4 Å². The lowest BCUT2D eigenvalue weighted by Gasteiger charge is -2.18. The number of rotatable bonds is 12. The molecule has 0 fully saturated rings. The van der Waals surface area contributed by atoms with Crippen LogP contribution in [0.5, 0.6) is 11.5 Å². The zero-order valence-electron chi connectivity index (χ0n) is 27.7. The fraction of sp³-hybridized carbons (Fsp3) is 0.125. The van der Waals surface area contributed by atoms with Gasteiger partial charge in [-0.25, -0.2) is 0 Å². The monoisotopic (exact) mass is 671 g/mol. The summed E-state index contributed by atoms with van der Waals surface area (Å²) in [5.41, 5.74) is 5.19. The van der Waals surface area contributed by atoms with Gasteiger partial charge in [0.2, 0.25) is 5.91 Å². The standard InChI is InChI=1S/C40H37N3O5S/c1-26-18-23-33(27(2)24-26)42-40(46)37(28-12-7-5-8-13-28)49-32-21-19-31(20-22-32)41-39(45)34(43-38(44)29-14-9-6-10-15-29)25-30-16-11-17-35(47-3)36(30)48-4/h5-25,37H,1-4H3,(H,41,45)(H,42,46)(H,43,44)/b34-25-. The highest BCUT2D eigenvalue weighted by molar-refractivity contribution is 8.00. The number of amides is 3. The summed E-state index contributed by atoms with van der Waals surface area (Å²) in [6, 6.07) is 36.6. The number of hydrogen-bond acceptors (Lipinski definition) is 6. The lowest BCUT2D eigenvalue weighted by Crippen LogP contribution is -2.30. The van der Waals surface area contributed by atoms with E-state index in [2.05, 4.69) is 16.0 Å². The van der Waals surface area contributed by atoms with Crippen molar-refractivity contribution in [3.63, 3.8) is 0 Å². The molecule has 5 aromatic carbocycles. The van der Waals surface area contributed by atoms with Crippen LogP contribution in [0.15, 0.2) is 132 Å². The molecule has 1 unspecified atom stereocenters. The van der Waals surface area contributed by atoms with Crippen molar-refractivity contribution in [2.45, 2.75) is 24.0 Å². The largest absolute Gasteiger partial charge is 0.493 e. The third kappa shape index (κ3) is 8.97. The van der Waals surface area contributed by atoms with Crippen molar-refractivity contribution in [2.24, 2.45) is 0 Å². The smallest absolute Gasteiger partial charge is 0.272 e. The summed E-state index contributed by atoms with van der Waals surface area (Å²) in [5, 5.41) is 8.20. The van der Waals surface area contributed by atoms with Crippen LogP contribution >= 0.6 is 11.8 Å². The minimum Gasteiger partial charge on any atom is -0.493 e. The molecule has 5 rings (SSSR count). The molecular weight excluding hydrogens is 635 g/mol. The Hall–Kier alpha value is -5.80. The van der Waals surface area contributed by atoms with Gasteiger partial charge >= 0.3 is 0 Å². The first kappa shape index (κ1) is 34.5. The van der Waals surface area contributed by atoms with E-state index in [0.29, 0.717) is 28.3 Å². The molecule has 49 heavy (non-hydrogen) atoms. The lowest BCUT2D eigenvalue weighted by atomic mass is 10.1. The van der Waals surface area contributed by atoms with Crippen LogP contribution in [0.1, 0.15) is 37.9 Å². The first-order valence-electron chi connectivity index (χ1n) is 15.6. The second-order valence-electron chi connectivity index (χ2n) is 11.2. The van der Waals surface area contributed by atoms with Crippen LogP contribution in [0.4, 0.5) is 11.4 Å². The third-order valence-corrected chi connectivity index (χ3v) is 8.87. The predicted octanol–water partition coefficient (Wildman–Crippen LogP) is 8.20. The van der Waals surface area contributed by atoms with Crippen molar-refractivity contribution < 1.29 is 23.9 Å². The van der Waals surface area contributed by atoms with E-state index in [1.54, 1.807) is 60.7 Å². The Kier molecular flexibility index (Phi) is 11.5. The van der Waals surface area contributed by atoms with Crippen molar-refractivity contribution in [1.82, 2.24) is 5.32 Å². The number of nitrogens with one attached hydrogen (secondary N) is 3. The van der Waals surface area contributed by atoms with Crippen LogP contribution in [0.3, 0.4) is 0 Å². The Morgan fingerprint density at radius 3 is 2.08 bits per heavy atom. The van der Waals surface area contributed by atoms with Crippen molar-refractivity contribution in [3.8, 4) is 11.5 Å². The average Bonchev–Trinajstić information content (AvgIpc) is 3.12. The van der Waals surface area contributed by atoms with Crippen molar-refractivity contribution in [3.05, 3.63) is 155 Å². The maximum absolute atomic E-state index is 13.7. The summed E-state index contributed by atoms with van der Waals surface area (Å²) >= 11 is 1.41. The maximum atomic E-state index is 13.7. The van der Waals surface area contributed by atoms with Gasteiger partial charge in [0, 0.05) is 27.4 Å². The molecule has 0 heterocycles. The fourth-order valence-electron chi connectivity index (χ4n) is 5.13. The molecule has 5 aromatic rings. The quantitative estimate of drug-likeness (QED) is 0.0913. The van der Waals surface area contributed by atoms with Gasteiger partial charge in [0.25, 0.3) is 11.8 Å². The summed E-state index contributed by atoms with van der Waals surface area (Å²) in [5.74, 6) is -0.223. The molecule has 9 heteroatoms. The molecule has 3 amide bonds. The minimum absolute atomic E-state index is 0.00562. The molecule has 0 spiro atoms. The fourth-order valence-corrected chi connectivity index (χ4v) is 6.15. The van der Waals surface area contributed by atoms with Crippen molar-refractivity contribution in [2.75, 3.05) is 24.9 Å². The zero-order chi connectivity index (χ0) is 34.8. The maximum Gasteiger partial charge on any atom is 0.272 e. The lowest BCUT2D eigenvalue weighted by molar-refractivity contribution is -0.116. The Labute approximate surface area is 290 Å². The van der Waals surface area contributed by atoms with Crippen LogP contribution in [-0.2, 0) is 9.59 Å². The molecule has 3 N–H and O–H groups in total. The summed E-state index contributed by atoms with van der Waals surface area (Å²) in [6.07, 6.45) is 1.54. The SMILES string of the molecule is COc1cccc(/C=C(\NC(=O)c2ccccc2)C(=O)Nc2ccc(SC(C(=O)Nc3ccc(C)cc3C)c3ccccc3)cc2)c1OC. The van der Waals surface area contributed by atoms with E-state index >= 15 is 0 Å². The van der Waals surface area contributed by atoms with Crippen LogP contribution in [-0.4, -0.2) is 31.9 Å². The van der Waals surface area contributed by atoms with Crippen molar-refractivity contribution >= 4 is 46.9 Å². The zero-order valence-corrected chi connectivity index (χ0v) is 28.5. The van der Waals surface area contributed by atoms with E-state index in [0.717, 1.165) is 27.3 Å². The summed E-state index contributed by atoms with van der Waals surface area (Å²) < 4.78 is 11.0. The summed E-state index contributed by atoms with van der Waals surface area (Å²) in [7, 11) is 3.03. The van der Waals surface area contributed by atoms with Gasteiger partial charge in [-0.15, -0.1) is 11.8 Å². The van der Waals surface area contributed by atoms with E-state index in [-0.39, 0.29) is 11.6 Å². The van der Waals surface area contributed by atoms with E-state index in [1.807, 2.05) is 80.6 Å². The van der Waals surface area contributed by atoms with E-state index in [4.69, 9.17) is 9.47 Å². The number of hydrogen-bond donors (Lipinski definition) is 3. The molecule has 0 aliphatic heterocycles. The Morgan fingerprint density at radius 1 is 0.735 bits per heavy atom. The van der Waals surface area contributed by atoms with Crippen LogP contribution in [0.25, 0.3) is 6.08 Å². The van der Waals surface area contributed by atoms with Gasteiger partial charge in [-0.2, -0.15) is 0 Å². The molecule has 248 valence electrons. The first-order valence-corrected chi connectivity index (χ1v) is 16.4. The molecule has 1 atom stereocenters. The molecule has 0 saturated heterocycles. The number of benzene rings is 5. The third-order valence-electron chi connectivity index (χ3n) is 7.61. The Bertz CT molecular complexity index is 1960. The highest BCUT2D eigenvalue weighted by atomic mass is 32.2. The Morgan fingerprint density at radius 2 is 1.43 bits per heavy atom. The molecule has 0 aromatic heterocycles. The van der Waals surface area contributed by atoms with Gasteiger partial charge < -0.3 is 25.4 Å². The van der Waals surface area contributed by atoms with E-state index in [9.17, 15) is 14.4 Å². The number of para-hydroxylation sites is 1.